The largest absolute Gasteiger partial charge is 0.490 e. The van der Waals surface area contributed by atoms with Crippen LogP contribution in [0.15, 0.2) is 18.2 Å². The fourth-order valence-corrected chi connectivity index (χ4v) is 2.74. The van der Waals surface area contributed by atoms with Crippen molar-refractivity contribution in [3.63, 3.8) is 0 Å². The van der Waals surface area contributed by atoms with Gasteiger partial charge in [0.1, 0.15) is 0 Å². The zero-order valence-corrected chi connectivity index (χ0v) is 15.3. The second-order valence-corrected chi connectivity index (χ2v) is 6.30. The van der Waals surface area contributed by atoms with E-state index in [0.29, 0.717) is 6.61 Å². The van der Waals surface area contributed by atoms with E-state index in [2.05, 4.69) is 36.3 Å². The first-order chi connectivity index (χ1) is 11.7. The molecule has 24 heavy (non-hydrogen) atoms. The van der Waals surface area contributed by atoms with E-state index in [1.165, 1.54) is 5.56 Å². The Morgan fingerprint density at radius 3 is 2.88 bits per heavy atom. The van der Waals surface area contributed by atoms with Crippen LogP contribution in [-0.4, -0.2) is 57.5 Å². The van der Waals surface area contributed by atoms with Gasteiger partial charge < -0.3 is 24.4 Å². The molecule has 0 bridgehead atoms. The minimum atomic E-state index is 0.270. The topological polar surface area (TPSA) is 43.0 Å². The quantitative estimate of drug-likeness (QED) is 0.666. The average Bonchev–Trinajstić information content (AvgIpc) is 2.57. The maximum absolute atomic E-state index is 5.83. The molecule has 2 rings (SSSR count). The number of hydrogen-bond donors (Lipinski definition) is 1. The molecule has 1 saturated heterocycles. The van der Waals surface area contributed by atoms with Crippen molar-refractivity contribution in [3.05, 3.63) is 23.8 Å². The number of rotatable bonds is 10. The van der Waals surface area contributed by atoms with Crippen LogP contribution in [-0.2, 0) is 11.3 Å². The van der Waals surface area contributed by atoms with Gasteiger partial charge in [-0.1, -0.05) is 19.4 Å². The predicted molar refractivity (Wildman–Crippen MR) is 97.0 cm³/mol. The molecule has 5 nitrogen and oxygen atoms in total. The van der Waals surface area contributed by atoms with Crippen LogP contribution in [0, 0.1) is 0 Å². The summed E-state index contributed by atoms with van der Waals surface area (Å²) < 4.78 is 17.3. The standard InChI is InChI=1S/C19H32N2O3/c1-4-6-10-24-18-8-7-16(12-19(18)22-5-2)13-20-14-17-15-21(3)9-11-23-17/h7-8,12,17,20H,4-6,9-11,13-15H2,1-3H3. The van der Waals surface area contributed by atoms with Crippen LogP contribution in [0.2, 0.25) is 0 Å². The van der Waals surface area contributed by atoms with Gasteiger partial charge in [0, 0.05) is 26.2 Å². The Kier molecular flexibility index (Phi) is 8.36. The fraction of sp³-hybridized carbons (Fsp3) is 0.684. The number of likely N-dealkylation sites (N-methyl/N-ethyl adjacent to an activating group) is 1. The Labute approximate surface area is 146 Å². The van der Waals surface area contributed by atoms with Gasteiger partial charge in [0.05, 0.1) is 25.9 Å². The fourth-order valence-electron chi connectivity index (χ4n) is 2.74. The number of unbranched alkanes of at least 4 members (excludes halogenated alkanes) is 1. The van der Waals surface area contributed by atoms with E-state index < -0.39 is 0 Å². The van der Waals surface area contributed by atoms with Crippen molar-refractivity contribution in [3.8, 4) is 11.5 Å². The van der Waals surface area contributed by atoms with Crippen LogP contribution in [0.1, 0.15) is 32.3 Å². The molecule has 1 N–H and O–H groups in total. The number of morpholine rings is 1. The highest BCUT2D eigenvalue weighted by molar-refractivity contribution is 5.43. The van der Waals surface area contributed by atoms with Crippen molar-refractivity contribution in [2.75, 3.05) is 46.5 Å². The first-order valence-corrected chi connectivity index (χ1v) is 9.12. The number of nitrogens with zero attached hydrogens (tertiary/aromatic N) is 1. The summed E-state index contributed by atoms with van der Waals surface area (Å²) in [7, 11) is 2.14. The molecule has 136 valence electrons. The Hall–Kier alpha value is -1.30. The Bertz CT molecular complexity index is 482. The minimum Gasteiger partial charge on any atom is -0.490 e. The minimum absolute atomic E-state index is 0.270. The van der Waals surface area contributed by atoms with Gasteiger partial charge in [-0.2, -0.15) is 0 Å². The molecule has 1 unspecified atom stereocenters. The molecule has 0 radical (unpaired) electrons. The SMILES string of the molecule is CCCCOc1ccc(CNCC2CN(C)CCO2)cc1OCC. The molecule has 1 fully saturated rings. The first-order valence-electron chi connectivity index (χ1n) is 9.12. The van der Waals surface area contributed by atoms with Crippen LogP contribution >= 0.6 is 0 Å². The third-order valence-corrected chi connectivity index (χ3v) is 4.11. The summed E-state index contributed by atoms with van der Waals surface area (Å²) in [4.78, 5) is 2.31. The zero-order chi connectivity index (χ0) is 17.2. The summed E-state index contributed by atoms with van der Waals surface area (Å²) >= 11 is 0. The van der Waals surface area contributed by atoms with E-state index in [0.717, 1.165) is 63.7 Å². The average molecular weight is 336 g/mol. The Balaban J connectivity index is 1.84. The van der Waals surface area contributed by atoms with Gasteiger partial charge in [-0.15, -0.1) is 0 Å². The first kappa shape index (κ1) is 19.0. The Morgan fingerprint density at radius 2 is 2.12 bits per heavy atom. The summed E-state index contributed by atoms with van der Waals surface area (Å²) in [6, 6.07) is 6.19. The van der Waals surface area contributed by atoms with Crippen LogP contribution in [0.3, 0.4) is 0 Å². The van der Waals surface area contributed by atoms with E-state index in [1.54, 1.807) is 0 Å². The highest BCUT2D eigenvalue weighted by atomic mass is 16.5. The molecule has 1 aromatic rings. The monoisotopic (exact) mass is 336 g/mol. The van der Waals surface area contributed by atoms with Crippen molar-refractivity contribution in [1.29, 1.82) is 0 Å². The normalized spacial score (nSPS) is 18.5. The van der Waals surface area contributed by atoms with E-state index in [-0.39, 0.29) is 6.10 Å². The molecule has 0 aliphatic carbocycles. The number of hydrogen-bond acceptors (Lipinski definition) is 5. The molecule has 1 heterocycles. The van der Waals surface area contributed by atoms with E-state index in [1.807, 2.05) is 13.0 Å². The van der Waals surface area contributed by atoms with Gasteiger partial charge >= 0.3 is 0 Å². The molecule has 0 saturated carbocycles. The summed E-state index contributed by atoms with van der Waals surface area (Å²) in [6.45, 7) is 10.0. The molecular formula is C19H32N2O3. The predicted octanol–water partition coefficient (Wildman–Crippen LogP) is 2.68. The zero-order valence-electron chi connectivity index (χ0n) is 15.3. The van der Waals surface area contributed by atoms with Gasteiger partial charge in [0.25, 0.3) is 0 Å². The number of nitrogens with one attached hydrogen (secondary N) is 1. The van der Waals surface area contributed by atoms with Gasteiger partial charge in [-0.3, -0.25) is 0 Å². The van der Waals surface area contributed by atoms with Crippen molar-refractivity contribution in [2.45, 2.75) is 39.3 Å². The molecule has 0 amide bonds. The van der Waals surface area contributed by atoms with Gasteiger partial charge in [0.15, 0.2) is 11.5 Å². The molecule has 1 aromatic carbocycles. The molecule has 0 aromatic heterocycles. The van der Waals surface area contributed by atoms with Crippen LogP contribution in [0.5, 0.6) is 11.5 Å². The van der Waals surface area contributed by atoms with Crippen molar-refractivity contribution in [2.24, 2.45) is 0 Å². The summed E-state index contributed by atoms with van der Waals surface area (Å²) in [5.74, 6) is 1.67. The third kappa shape index (κ3) is 6.30. The van der Waals surface area contributed by atoms with Crippen molar-refractivity contribution < 1.29 is 14.2 Å². The highest BCUT2D eigenvalue weighted by Crippen LogP contribution is 2.28. The smallest absolute Gasteiger partial charge is 0.161 e. The van der Waals surface area contributed by atoms with Crippen LogP contribution in [0.25, 0.3) is 0 Å². The third-order valence-electron chi connectivity index (χ3n) is 4.11. The lowest BCUT2D eigenvalue weighted by atomic mass is 10.2. The van der Waals surface area contributed by atoms with Gasteiger partial charge in [-0.25, -0.2) is 0 Å². The summed E-state index contributed by atoms with van der Waals surface area (Å²) in [6.07, 6.45) is 2.46. The second kappa shape index (κ2) is 10.5. The molecule has 1 atom stereocenters. The molecule has 5 heteroatoms. The Morgan fingerprint density at radius 1 is 1.25 bits per heavy atom. The summed E-state index contributed by atoms with van der Waals surface area (Å²) in [5, 5.41) is 3.49. The van der Waals surface area contributed by atoms with Gasteiger partial charge in [-0.05, 0) is 38.1 Å². The lowest BCUT2D eigenvalue weighted by Gasteiger charge is -2.30. The maximum Gasteiger partial charge on any atom is 0.161 e. The van der Waals surface area contributed by atoms with Crippen LogP contribution in [0.4, 0.5) is 0 Å². The molecular weight excluding hydrogens is 304 g/mol. The van der Waals surface area contributed by atoms with Crippen molar-refractivity contribution >= 4 is 0 Å². The molecule has 1 aliphatic rings. The second-order valence-electron chi connectivity index (χ2n) is 6.30. The number of benzene rings is 1. The highest BCUT2D eigenvalue weighted by Gasteiger charge is 2.17. The molecule has 0 spiro atoms. The number of ether oxygens (including phenoxy) is 3. The van der Waals surface area contributed by atoms with Crippen molar-refractivity contribution in [1.82, 2.24) is 10.2 Å². The van der Waals surface area contributed by atoms with E-state index in [4.69, 9.17) is 14.2 Å². The van der Waals surface area contributed by atoms with Crippen LogP contribution < -0.4 is 14.8 Å². The molecule has 1 aliphatic heterocycles. The van der Waals surface area contributed by atoms with E-state index >= 15 is 0 Å². The lowest BCUT2D eigenvalue weighted by molar-refractivity contribution is -0.0182. The maximum atomic E-state index is 5.83. The van der Waals surface area contributed by atoms with Gasteiger partial charge in [0.2, 0.25) is 0 Å². The summed E-state index contributed by atoms with van der Waals surface area (Å²) in [5.41, 5.74) is 1.20. The van der Waals surface area contributed by atoms with E-state index in [9.17, 15) is 0 Å². The lowest BCUT2D eigenvalue weighted by Crippen LogP contribution is -2.44.